The van der Waals surface area contributed by atoms with Crippen LogP contribution in [0.5, 0.6) is 0 Å². The Morgan fingerprint density at radius 2 is 2.18 bits per heavy atom. The van der Waals surface area contributed by atoms with Crippen LogP contribution in [0.25, 0.3) is 0 Å². The number of carbonyl (C=O) groups excluding carboxylic acids is 1. The topological polar surface area (TPSA) is 57.6 Å². The quantitative estimate of drug-likeness (QED) is 0.816. The maximum absolute atomic E-state index is 11.8. The predicted octanol–water partition coefficient (Wildman–Crippen LogP) is 1.75. The third-order valence-electron chi connectivity index (χ3n) is 4.34. The Morgan fingerprint density at radius 3 is 2.76 bits per heavy atom. The molecule has 2 fully saturated rings. The van der Waals surface area contributed by atoms with E-state index >= 15 is 0 Å². The van der Waals surface area contributed by atoms with Crippen molar-refractivity contribution in [1.82, 2.24) is 4.90 Å². The average molecular weight is 239 g/mol. The van der Waals surface area contributed by atoms with E-state index in [9.17, 15) is 9.59 Å². The molecule has 0 aromatic carbocycles. The van der Waals surface area contributed by atoms with Crippen LogP contribution in [0.1, 0.15) is 39.0 Å². The van der Waals surface area contributed by atoms with Crippen molar-refractivity contribution in [3.8, 4) is 0 Å². The second-order valence-corrected chi connectivity index (χ2v) is 5.54. The molecule has 3 unspecified atom stereocenters. The van der Waals surface area contributed by atoms with E-state index in [0.29, 0.717) is 31.2 Å². The van der Waals surface area contributed by atoms with Crippen LogP contribution in [0.2, 0.25) is 0 Å². The second-order valence-electron chi connectivity index (χ2n) is 5.54. The molecule has 1 aliphatic heterocycles. The van der Waals surface area contributed by atoms with Crippen molar-refractivity contribution >= 4 is 11.9 Å². The van der Waals surface area contributed by atoms with Gasteiger partial charge in [-0.25, -0.2) is 0 Å². The first-order valence-electron chi connectivity index (χ1n) is 6.58. The zero-order valence-electron chi connectivity index (χ0n) is 10.4. The van der Waals surface area contributed by atoms with Crippen molar-refractivity contribution in [2.75, 3.05) is 13.1 Å². The number of rotatable bonds is 3. The first-order valence-corrected chi connectivity index (χ1v) is 6.58. The molecule has 1 saturated heterocycles. The molecule has 0 aromatic rings. The number of carboxylic acid groups (broad SMARTS) is 1. The maximum Gasteiger partial charge on any atom is 0.308 e. The Morgan fingerprint density at radius 1 is 1.41 bits per heavy atom. The van der Waals surface area contributed by atoms with E-state index in [4.69, 9.17) is 5.11 Å². The van der Waals surface area contributed by atoms with Crippen LogP contribution in [0.15, 0.2) is 0 Å². The van der Waals surface area contributed by atoms with Crippen LogP contribution in [0, 0.1) is 17.8 Å². The van der Waals surface area contributed by atoms with Gasteiger partial charge in [-0.2, -0.15) is 0 Å². The van der Waals surface area contributed by atoms with Gasteiger partial charge in [0.2, 0.25) is 5.91 Å². The molecule has 1 N–H and O–H groups in total. The van der Waals surface area contributed by atoms with Crippen LogP contribution < -0.4 is 0 Å². The molecular weight excluding hydrogens is 218 g/mol. The maximum atomic E-state index is 11.8. The summed E-state index contributed by atoms with van der Waals surface area (Å²) in [6.45, 7) is 3.42. The summed E-state index contributed by atoms with van der Waals surface area (Å²) in [6, 6.07) is 0. The minimum Gasteiger partial charge on any atom is -0.481 e. The number of aliphatic carboxylic acids is 1. The van der Waals surface area contributed by atoms with Crippen molar-refractivity contribution in [1.29, 1.82) is 0 Å². The third kappa shape index (κ3) is 2.79. The van der Waals surface area contributed by atoms with Crippen LogP contribution in [0.3, 0.4) is 0 Å². The van der Waals surface area contributed by atoms with E-state index in [2.05, 4.69) is 6.92 Å². The highest BCUT2D eigenvalue weighted by Gasteiger charge is 2.33. The van der Waals surface area contributed by atoms with Gasteiger partial charge in [0.05, 0.1) is 5.92 Å². The normalized spacial score (nSPS) is 34.1. The summed E-state index contributed by atoms with van der Waals surface area (Å²) in [7, 11) is 0. The highest BCUT2D eigenvalue weighted by atomic mass is 16.4. The van der Waals surface area contributed by atoms with Gasteiger partial charge in [0, 0.05) is 19.5 Å². The lowest BCUT2D eigenvalue weighted by Crippen LogP contribution is -2.45. The highest BCUT2D eigenvalue weighted by Crippen LogP contribution is 2.32. The van der Waals surface area contributed by atoms with E-state index in [-0.39, 0.29) is 11.8 Å². The second kappa shape index (κ2) is 5.07. The molecule has 1 saturated carbocycles. The first kappa shape index (κ1) is 12.4. The van der Waals surface area contributed by atoms with Gasteiger partial charge in [0.25, 0.3) is 0 Å². The Balaban J connectivity index is 1.93. The fourth-order valence-electron chi connectivity index (χ4n) is 3.07. The number of hydrogen-bond donors (Lipinski definition) is 1. The average Bonchev–Trinajstić information content (AvgIpc) is 2.67. The Bertz CT molecular complexity index is 316. The molecule has 1 aliphatic carbocycles. The summed E-state index contributed by atoms with van der Waals surface area (Å²) < 4.78 is 0. The molecule has 2 aliphatic rings. The van der Waals surface area contributed by atoms with Crippen LogP contribution in [-0.2, 0) is 9.59 Å². The Hall–Kier alpha value is -1.06. The van der Waals surface area contributed by atoms with E-state index < -0.39 is 5.97 Å². The molecule has 4 nitrogen and oxygen atoms in total. The number of hydrogen-bond acceptors (Lipinski definition) is 2. The van der Waals surface area contributed by atoms with E-state index in [0.717, 1.165) is 6.54 Å². The fraction of sp³-hybridized carbons (Fsp3) is 0.846. The summed E-state index contributed by atoms with van der Waals surface area (Å²) in [5, 5.41) is 9.02. The zero-order chi connectivity index (χ0) is 12.4. The summed E-state index contributed by atoms with van der Waals surface area (Å²) in [5.41, 5.74) is 0. The van der Waals surface area contributed by atoms with E-state index in [1.165, 1.54) is 19.3 Å². The van der Waals surface area contributed by atoms with Crippen LogP contribution >= 0.6 is 0 Å². The Labute approximate surface area is 102 Å². The summed E-state index contributed by atoms with van der Waals surface area (Å²) in [4.78, 5) is 24.5. The summed E-state index contributed by atoms with van der Waals surface area (Å²) in [6.07, 6.45) is 4.58. The van der Waals surface area contributed by atoms with Crippen LogP contribution in [-0.4, -0.2) is 35.0 Å². The molecule has 2 rings (SSSR count). The van der Waals surface area contributed by atoms with Crippen LogP contribution in [0.4, 0.5) is 0 Å². The minimum atomic E-state index is -0.762. The standard InChI is InChI=1S/C13H21NO3/c1-9-3-2-4-10(9)7-14-8-11(13(16)17)5-6-12(14)15/h9-11H,2-8H2,1H3,(H,16,17). The Kier molecular flexibility index (Phi) is 3.69. The van der Waals surface area contributed by atoms with Gasteiger partial charge in [-0.05, 0) is 24.7 Å². The van der Waals surface area contributed by atoms with E-state index in [1.54, 1.807) is 4.90 Å². The lowest BCUT2D eigenvalue weighted by molar-refractivity contribution is -0.147. The van der Waals surface area contributed by atoms with Gasteiger partial charge in [0.15, 0.2) is 0 Å². The number of piperidine rings is 1. The summed E-state index contributed by atoms with van der Waals surface area (Å²) >= 11 is 0. The predicted molar refractivity (Wildman–Crippen MR) is 63.4 cm³/mol. The lowest BCUT2D eigenvalue weighted by Gasteiger charge is -2.33. The van der Waals surface area contributed by atoms with Crippen molar-refractivity contribution in [3.63, 3.8) is 0 Å². The monoisotopic (exact) mass is 239 g/mol. The van der Waals surface area contributed by atoms with Crippen molar-refractivity contribution < 1.29 is 14.7 Å². The molecule has 4 heteroatoms. The largest absolute Gasteiger partial charge is 0.481 e. The number of carbonyl (C=O) groups is 2. The van der Waals surface area contributed by atoms with Crippen molar-refractivity contribution in [2.45, 2.75) is 39.0 Å². The van der Waals surface area contributed by atoms with Crippen molar-refractivity contribution in [2.24, 2.45) is 17.8 Å². The highest BCUT2D eigenvalue weighted by molar-refractivity contribution is 5.80. The van der Waals surface area contributed by atoms with Gasteiger partial charge < -0.3 is 10.0 Å². The molecule has 0 aromatic heterocycles. The molecule has 1 heterocycles. The molecule has 0 radical (unpaired) electrons. The number of amides is 1. The van der Waals surface area contributed by atoms with Gasteiger partial charge in [-0.1, -0.05) is 19.8 Å². The SMILES string of the molecule is CC1CCCC1CN1CC(C(=O)O)CCC1=O. The van der Waals surface area contributed by atoms with Gasteiger partial charge >= 0.3 is 5.97 Å². The first-order chi connectivity index (χ1) is 8.08. The van der Waals surface area contributed by atoms with Gasteiger partial charge in [0.1, 0.15) is 0 Å². The molecule has 96 valence electrons. The zero-order valence-corrected chi connectivity index (χ0v) is 10.4. The molecular formula is C13H21NO3. The number of carboxylic acids is 1. The van der Waals surface area contributed by atoms with E-state index in [1.807, 2.05) is 0 Å². The molecule has 0 spiro atoms. The molecule has 3 atom stereocenters. The number of likely N-dealkylation sites (tertiary alicyclic amines) is 1. The fourth-order valence-corrected chi connectivity index (χ4v) is 3.07. The van der Waals surface area contributed by atoms with Gasteiger partial charge in [-0.15, -0.1) is 0 Å². The molecule has 0 bridgehead atoms. The third-order valence-corrected chi connectivity index (χ3v) is 4.34. The minimum absolute atomic E-state index is 0.140. The molecule has 17 heavy (non-hydrogen) atoms. The van der Waals surface area contributed by atoms with Gasteiger partial charge in [-0.3, -0.25) is 9.59 Å². The number of nitrogens with zero attached hydrogens (tertiary/aromatic N) is 1. The molecule has 1 amide bonds. The summed E-state index contributed by atoms with van der Waals surface area (Å²) in [5.74, 6) is 0.271. The van der Waals surface area contributed by atoms with Crippen molar-refractivity contribution in [3.05, 3.63) is 0 Å². The smallest absolute Gasteiger partial charge is 0.308 e. The lowest BCUT2D eigenvalue weighted by atomic mass is 9.93.